The lowest BCUT2D eigenvalue weighted by atomic mass is 10.1. The predicted molar refractivity (Wildman–Crippen MR) is 101 cm³/mol. The van der Waals surface area contributed by atoms with E-state index in [2.05, 4.69) is 4.90 Å². The fraction of sp³-hybridized carbons (Fsp3) is 0.300. The van der Waals surface area contributed by atoms with Crippen molar-refractivity contribution in [3.8, 4) is 0 Å². The van der Waals surface area contributed by atoms with Gasteiger partial charge in [-0.25, -0.2) is 0 Å². The number of ether oxygens (including phenoxy) is 1. The van der Waals surface area contributed by atoms with Gasteiger partial charge in [-0.15, -0.1) is 0 Å². The number of aryl methyl sites for hydroxylation is 1. The van der Waals surface area contributed by atoms with E-state index in [1.807, 2.05) is 55.6 Å². The molecule has 1 N–H and O–H groups in total. The fourth-order valence-corrected chi connectivity index (χ4v) is 3.46. The van der Waals surface area contributed by atoms with E-state index in [0.29, 0.717) is 11.2 Å². The maximum absolute atomic E-state index is 12.8. The molecule has 26 heavy (non-hydrogen) atoms. The molecule has 6 nitrogen and oxygen atoms in total. The fourth-order valence-electron chi connectivity index (χ4n) is 3.46. The van der Waals surface area contributed by atoms with Gasteiger partial charge in [0.25, 0.3) is 0 Å². The minimum atomic E-state index is 0.00776. The summed E-state index contributed by atoms with van der Waals surface area (Å²) in [6.45, 7) is 3.40. The lowest BCUT2D eigenvalue weighted by Gasteiger charge is -2.28. The summed E-state index contributed by atoms with van der Waals surface area (Å²) in [6, 6.07) is 15.5. The lowest BCUT2D eigenvalue weighted by molar-refractivity contribution is 0.0971. The van der Waals surface area contributed by atoms with Gasteiger partial charge in [-0.3, -0.25) is 10.2 Å². The van der Waals surface area contributed by atoms with Gasteiger partial charge in [0.1, 0.15) is 0 Å². The van der Waals surface area contributed by atoms with E-state index in [1.165, 1.54) is 0 Å². The standard InChI is InChI=1S/C20H22N4O2/c1-22-17-4-2-3-5-18(17)24(20(22)21)14-19(25)15-6-8-16(9-7-15)23-10-12-26-13-11-23/h2-9,21H,10-14H2,1H3. The Kier molecular flexibility index (Phi) is 4.34. The third kappa shape index (κ3) is 2.93. The monoisotopic (exact) mass is 350 g/mol. The molecule has 1 aliphatic heterocycles. The highest BCUT2D eigenvalue weighted by atomic mass is 16.5. The average molecular weight is 350 g/mol. The third-order valence-corrected chi connectivity index (χ3v) is 4.97. The summed E-state index contributed by atoms with van der Waals surface area (Å²) in [5.41, 5.74) is 3.96. The van der Waals surface area contributed by atoms with Gasteiger partial charge in [0, 0.05) is 31.4 Å². The number of morpholine rings is 1. The van der Waals surface area contributed by atoms with E-state index in [0.717, 1.165) is 43.0 Å². The topological polar surface area (TPSA) is 63.2 Å². The number of Topliss-reactive ketones (excluding diaryl/α,β-unsaturated/α-hetero) is 1. The van der Waals surface area contributed by atoms with Gasteiger partial charge < -0.3 is 18.8 Å². The van der Waals surface area contributed by atoms with Crippen molar-refractivity contribution in [3.05, 3.63) is 59.7 Å². The molecule has 0 unspecified atom stereocenters. The van der Waals surface area contributed by atoms with E-state index in [4.69, 9.17) is 10.1 Å². The Bertz CT molecular complexity index is 995. The minimum absolute atomic E-state index is 0.00776. The van der Waals surface area contributed by atoms with Crippen LogP contribution in [0.15, 0.2) is 48.5 Å². The zero-order chi connectivity index (χ0) is 18.1. The van der Waals surface area contributed by atoms with Crippen molar-refractivity contribution in [2.75, 3.05) is 31.2 Å². The van der Waals surface area contributed by atoms with Crippen LogP contribution in [0.5, 0.6) is 0 Å². The molecule has 134 valence electrons. The molecule has 0 saturated carbocycles. The number of hydrogen-bond acceptors (Lipinski definition) is 4. The molecular formula is C20H22N4O2. The molecule has 0 aliphatic carbocycles. The van der Waals surface area contributed by atoms with E-state index < -0.39 is 0 Å². The van der Waals surface area contributed by atoms with E-state index in [-0.39, 0.29) is 12.3 Å². The zero-order valence-corrected chi connectivity index (χ0v) is 14.8. The zero-order valence-electron chi connectivity index (χ0n) is 14.8. The van der Waals surface area contributed by atoms with Crippen LogP contribution < -0.4 is 10.5 Å². The molecule has 1 saturated heterocycles. The van der Waals surface area contributed by atoms with Gasteiger partial charge in [0.15, 0.2) is 5.78 Å². The van der Waals surface area contributed by atoms with Crippen molar-refractivity contribution in [2.24, 2.45) is 7.05 Å². The first kappa shape index (κ1) is 16.6. The predicted octanol–water partition coefficient (Wildman–Crippen LogP) is 2.18. The number of hydrogen-bond donors (Lipinski definition) is 1. The SMILES string of the molecule is Cn1c(=N)n(CC(=O)c2ccc(N3CCOCC3)cc2)c2ccccc21. The number of para-hydroxylation sites is 2. The van der Waals surface area contributed by atoms with E-state index >= 15 is 0 Å². The van der Waals surface area contributed by atoms with Crippen LogP contribution in [-0.2, 0) is 18.3 Å². The summed E-state index contributed by atoms with van der Waals surface area (Å²) in [7, 11) is 1.85. The first-order valence-corrected chi connectivity index (χ1v) is 8.80. The van der Waals surface area contributed by atoms with Gasteiger partial charge in [-0.2, -0.15) is 0 Å². The quantitative estimate of drug-likeness (QED) is 0.734. The summed E-state index contributed by atoms with van der Waals surface area (Å²) in [5.74, 6) is 0.00776. The van der Waals surface area contributed by atoms with Crippen molar-refractivity contribution in [1.29, 1.82) is 5.41 Å². The van der Waals surface area contributed by atoms with Gasteiger partial charge in [-0.1, -0.05) is 12.1 Å². The first-order chi connectivity index (χ1) is 12.6. The second kappa shape index (κ2) is 6.80. The Hall–Kier alpha value is -2.86. The van der Waals surface area contributed by atoms with Gasteiger partial charge in [0.05, 0.1) is 30.8 Å². The molecule has 1 fully saturated rings. The number of fused-ring (bicyclic) bond motifs is 1. The van der Waals surface area contributed by atoms with Gasteiger partial charge >= 0.3 is 0 Å². The maximum atomic E-state index is 12.8. The molecular weight excluding hydrogens is 328 g/mol. The Morgan fingerprint density at radius 2 is 1.69 bits per heavy atom. The number of rotatable bonds is 4. The van der Waals surface area contributed by atoms with Crippen LogP contribution in [0.3, 0.4) is 0 Å². The molecule has 1 aromatic heterocycles. The Morgan fingerprint density at radius 3 is 2.38 bits per heavy atom. The normalized spacial score (nSPS) is 14.7. The molecule has 3 aromatic rings. The number of nitrogens with one attached hydrogen (secondary N) is 1. The Balaban J connectivity index is 1.57. The smallest absolute Gasteiger partial charge is 0.203 e. The Morgan fingerprint density at radius 1 is 1.04 bits per heavy atom. The summed E-state index contributed by atoms with van der Waals surface area (Å²) >= 11 is 0. The minimum Gasteiger partial charge on any atom is -0.378 e. The summed E-state index contributed by atoms with van der Waals surface area (Å²) in [4.78, 5) is 15.0. The number of aromatic nitrogens is 2. The maximum Gasteiger partial charge on any atom is 0.203 e. The van der Waals surface area contributed by atoms with E-state index in [9.17, 15) is 4.79 Å². The molecule has 0 bridgehead atoms. The molecule has 0 atom stereocenters. The molecule has 0 amide bonds. The summed E-state index contributed by atoms with van der Waals surface area (Å²) < 4.78 is 8.93. The van der Waals surface area contributed by atoms with Gasteiger partial charge in [-0.05, 0) is 36.4 Å². The van der Waals surface area contributed by atoms with Crippen LogP contribution in [0.4, 0.5) is 5.69 Å². The van der Waals surface area contributed by atoms with Crippen molar-refractivity contribution in [1.82, 2.24) is 9.13 Å². The average Bonchev–Trinajstić information content (AvgIpc) is 2.94. The number of anilines is 1. The molecule has 0 spiro atoms. The molecule has 4 rings (SSSR count). The van der Waals surface area contributed by atoms with Crippen LogP contribution in [0.1, 0.15) is 10.4 Å². The van der Waals surface area contributed by atoms with Crippen molar-refractivity contribution < 1.29 is 9.53 Å². The van der Waals surface area contributed by atoms with Gasteiger partial charge in [0.2, 0.25) is 5.62 Å². The van der Waals surface area contributed by atoms with Crippen LogP contribution in [-0.4, -0.2) is 41.2 Å². The van der Waals surface area contributed by atoms with E-state index in [1.54, 1.807) is 9.13 Å². The van der Waals surface area contributed by atoms with Crippen LogP contribution >= 0.6 is 0 Å². The largest absolute Gasteiger partial charge is 0.378 e. The summed E-state index contributed by atoms with van der Waals surface area (Å²) in [5, 5.41) is 8.30. The van der Waals surface area contributed by atoms with Crippen molar-refractivity contribution >= 4 is 22.5 Å². The first-order valence-electron chi connectivity index (χ1n) is 8.80. The van der Waals surface area contributed by atoms with Crippen molar-refractivity contribution in [2.45, 2.75) is 6.54 Å². The van der Waals surface area contributed by atoms with Crippen LogP contribution in [0.25, 0.3) is 11.0 Å². The highest BCUT2D eigenvalue weighted by molar-refractivity contribution is 5.97. The Labute approximate surface area is 151 Å². The number of benzene rings is 2. The van der Waals surface area contributed by atoms with Crippen LogP contribution in [0, 0.1) is 5.41 Å². The number of nitrogens with zero attached hydrogens (tertiary/aromatic N) is 3. The van der Waals surface area contributed by atoms with Crippen LogP contribution in [0.2, 0.25) is 0 Å². The molecule has 1 aliphatic rings. The second-order valence-corrected chi connectivity index (χ2v) is 6.53. The molecule has 2 aromatic carbocycles. The number of imidazole rings is 1. The second-order valence-electron chi connectivity index (χ2n) is 6.53. The molecule has 6 heteroatoms. The lowest BCUT2D eigenvalue weighted by Crippen LogP contribution is -2.36. The highest BCUT2D eigenvalue weighted by Gasteiger charge is 2.15. The molecule has 0 radical (unpaired) electrons. The molecule has 2 heterocycles. The third-order valence-electron chi connectivity index (χ3n) is 4.97. The van der Waals surface area contributed by atoms with Crippen molar-refractivity contribution in [3.63, 3.8) is 0 Å². The summed E-state index contributed by atoms with van der Waals surface area (Å²) in [6.07, 6.45) is 0. The number of carbonyl (C=O) groups is 1. The number of ketones is 1. The number of carbonyl (C=O) groups excluding carboxylic acids is 1. The highest BCUT2D eigenvalue weighted by Crippen LogP contribution is 2.18.